The Morgan fingerprint density at radius 1 is 0.731 bits per heavy atom. The Hall–Kier alpha value is -2.40. The van der Waals surface area contributed by atoms with Crippen LogP contribution in [0.5, 0.6) is 23.0 Å². The summed E-state index contributed by atoms with van der Waals surface area (Å²) < 4.78 is 22.1. The van der Waals surface area contributed by atoms with Gasteiger partial charge in [0, 0.05) is 18.5 Å². The maximum absolute atomic E-state index is 5.56. The summed E-state index contributed by atoms with van der Waals surface area (Å²) in [5, 5.41) is 3.70. The van der Waals surface area contributed by atoms with E-state index in [1.807, 2.05) is 0 Å². The average molecular weight is 355 g/mol. The van der Waals surface area contributed by atoms with Crippen LogP contribution in [0.2, 0.25) is 0 Å². The van der Waals surface area contributed by atoms with Gasteiger partial charge in [-0.1, -0.05) is 0 Å². The van der Waals surface area contributed by atoms with Crippen molar-refractivity contribution < 1.29 is 18.9 Å². The first-order valence-electron chi connectivity index (χ1n) is 8.93. The van der Waals surface area contributed by atoms with Crippen LogP contribution in [-0.4, -0.2) is 34.5 Å². The number of methoxy groups -OCH3 is 4. The third-order valence-corrected chi connectivity index (χ3v) is 5.64. The highest BCUT2D eigenvalue weighted by molar-refractivity contribution is 5.57. The van der Waals surface area contributed by atoms with Crippen molar-refractivity contribution in [2.24, 2.45) is 0 Å². The Labute approximate surface area is 154 Å². The molecule has 2 aliphatic rings. The van der Waals surface area contributed by atoms with Crippen molar-refractivity contribution in [1.82, 2.24) is 5.32 Å². The lowest BCUT2D eigenvalue weighted by Crippen LogP contribution is -2.42. The van der Waals surface area contributed by atoms with Gasteiger partial charge in [-0.15, -0.1) is 0 Å². The fourth-order valence-electron chi connectivity index (χ4n) is 4.36. The quantitative estimate of drug-likeness (QED) is 0.912. The lowest BCUT2D eigenvalue weighted by atomic mass is 9.72. The van der Waals surface area contributed by atoms with Gasteiger partial charge in [0.15, 0.2) is 23.0 Å². The Morgan fingerprint density at radius 2 is 1.23 bits per heavy atom. The van der Waals surface area contributed by atoms with Crippen molar-refractivity contribution >= 4 is 0 Å². The lowest BCUT2D eigenvalue weighted by Gasteiger charge is -2.40. The van der Waals surface area contributed by atoms with Crippen LogP contribution in [0.3, 0.4) is 0 Å². The summed E-state index contributed by atoms with van der Waals surface area (Å²) in [5.74, 6) is 3.39. The molecule has 26 heavy (non-hydrogen) atoms. The van der Waals surface area contributed by atoms with Crippen molar-refractivity contribution in [1.29, 1.82) is 0 Å². The topological polar surface area (TPSA) is 49.0 Å². The number of nitrogens with one attached hydrogen (secondary N) is 1. The molecule has 0 radical (unpaired) electrons. The van der Waals surface area contributed by atoms with Gasteiger partial charge in [-0.05, 0) is 59.4 Å². The minimum Gasteiger partial charge on any atom is -0.493 e. The second kappa shape index (κ2) is 6.72. The molecule has 0 bridgehead atoms. The van der Waals surface area contributed by atoms with E-state index in [2.05, 4.69) is 29.6 Å². The largest absolute Gasteiger partial charge is 0.493 e. The Kier molecular flexibility index (Phi) is 4.41. The minimum absolute atomic E-state index is 0.266. The summed E-state index contributed by atoms with van der Waals surface area (Å²) >= 11 is 0. The number of rotatable bonds is 4. The molecule has 5 heteroatoms. The number of ether oxygens (including phenoxy) is 4. The fraction of sp³-hybridized carbons (Fsp3) is 0.429. The maximum Gasteiger partial charge on any atom is 0.161 e. The van der Waals surface area contributed by atoms with Gasteiger partial charge < -0.3 is 24.3 Å². The van der Waals surface area contributed by atoms with Gasteiger partial charge in [0.25, 0.3) is 0 Å². The van der Waals surface area contributed by atoms with Crippen molar-refractivity contribution in [3.63, 3.8) is 0 Å². The molecule has 0 saturated carbocycles. The van der Waals surface area contributed by atoms with Crippen LogP contribution in [0.15, 0.2) is 24.3 Å². The van der Waals surface area contributed by atoms with E-state index >= 15 is 0 Å². The predicted molar refractivity (Wildman–Crippen MR) is 99.9 cm³/mol. The summed E-state index contributed by atoms with van der Waals surface area (Å²) in [6.07, 6.45) is 2.13. The summed E-state index contributed by atoms with van der Waals surface area (Å²) in [4.78, 5) is 0. The molecule has 0 fully saturated rings. The first kappa shape index (κ1) is 17.0. The van der Waals surface area contributed by atoms with E-state index in [0.29, 0.717) is 6.04 Å². The highest BCUT2D eigenvalue weighted by atomic mass is 16.5. The zero-order valence-corrected chi connectivity index (χ0v) is 15.7. The molecule has 1 heterocycles. The van der Waals surface area contributed by atoms with Gasteiger partial charge in [0.05, 0.1) is 28.4 Å². The van der Waals surface area contributed by atoms with Crippen molar-refractivity contribution in [3.05, 3.63) is 46.5 Å². The van der Waals surface area contributed by atoms with Crippen LogP contribution >= 0.6 is 0 Å². The van der Waals surface area contributed by atoms with Gasteiger partial charge in [-0.2, -0.15) is 0 Å². The molecule has 1 aliphatic carbocycles. The monoisotopic (exact) mass is 355 g/mol. The molecule has 0 amide bonds. The number of fused-ring (bicyclic) bond motifs is 5. The predicted octanol–water partition coefficient (Wildman–Crippen LogP) is 3.27. The number of aryl methyl sites for hydroxylation is 1. The average Bonchev–Trinajstić information content (AvgIpc) is 2.70. The summed E-state index contributed by atoms with van der Waals surface area (Å²) in [6, 6.07) is 8.90. The zero-order valence-electron chi connectivity index (χ0n) is 15.7. The Morgan fingerprint density at radius 3 is 1.81 bits per heavy atom. The van der Waals surface area contributed by atoms with Gasteiger partial charge in [-0.25, -0.2) is 0 Å². The zero-order chi connectivity index (χ0) is 18.3. The Bertz CT molecular complexity index is 766. The van der Waals surface area contributed by atoms with Crippen LogP contribution in [0, 0.1) is 0 Å². The van der Waals surface area contributed by atoms with E-state index in [4.69, 9.17) is 18.9 Å². The second-order valence-electron chi connectivity index (χ2n) is 6.82. The van der Waals surface area contributed by atoms with Gasteiger partial charge in [0.2, 0.25) is 0 Å². The summed E-state index contributed by atoms with van der Waals surface area (Å²) in [6.45, 7) is 0.847. The van der Waals surface area contributed by atoms with E-state index in [0.717, 1.165) is 42.4 Å². The van der Waals surface area contributed by atoms with Crippen molar-refractivity contribution in [2.45, 2.75) is 31.3 Å². The standard InChI is InChI=1S/C21H25NO4/c1-23-17-7-12-5-6-16-21(14(12)9-19(17)25-3)15-10-20(26-4)18(24-2)8-13(15)11-22-16/h7-10,16,21-22H,5-6,11H2,1-4H3/t16-,21+/m1/s1. The SMILES string of the molecule is COc1cc2c(cc1OC)[C@H]1c3cc(OC)c(OC)cc3CN[C@@H]1CC2. The maximum atomic E-state index is 5.56. The summed E-state index contributed by atoms with van der Waals surface area (Å²) in [5.41, 5.74) is 5.19. The normalized spacial score (nSPS) is 20.5. The van der Waals surface area contributed by atoms with Crippen LogP contribution in [0.1, 0.15) is 34.6 Å². The molecule has 138 valence electrons. The van der Waals surface area contributed by atoms with Crippen LogP contribution in [-0.2, 0) is 13.0 Å². The van der Waals surface area contributed by atoms with Crippen LogP contribution < -0.4 is 24.3 Å². The van der Waals surface area contributed by atoms with Gasteiger partial charge in [-0.3, -0.25) is 0 Å². The number of hydrogen-bond donors (Lipinski definition) is 1. The van der Waals surface area contributed by atoms with E-state index in [1.54, 1.807) is 28.4 Å². The molecule has 2 aromatic carbocycles. The molecule has 0 saturated heterocycles. The fourth-order valence-corrected chi connectivity index (χ4v) is 4.36. The third kappa shape index (κ3) is 2.58. The molecule has 1 N–H and O–H groups in total. The minimum atomic E-state index is 0.266. The summed E-state index contributed by atoms with van der Waals surface area (Å²) in [7, 11) is 6.73. The number of hydrogen-bond acceptors (Lipinski definition) is 5. The second-order valence-corrected chi connectivity index (χ2v) is 6.82. The molecule has 4 rings (SSSR count). The first-order chi connectivity index (χ1) is 12.7. The molecule has 0 unspecified atom stereocenters. The molecular formula is C21H25NO4. The number of benzene rings is 2. The highest BCUT2D eigenvalue weighted by Crippen LogP contribution is 2.46. The molecular weight excluding hydrogens is 330 g/mol. The smallest absolute Gasteiger partial charge is 0.161 e. The molecule has 2 atom stereocenters. The van der Waals surface area contributed by atoms with Crippen LogP contribution in [0.25, 0.3) is 0 Å². The first-order valence-corrected chi connectivity index (χ1v) is 8.93. The third-order valence-electron chi connectivity index (χ3n) is 5.64. The van der Waals surface area contributed by atoms with E-state index in [1.165, 1.54) is 22.3 Å². The van der Waals surface area contributed by atoms with E-state index < -0.39 is 0 Å². The van der Waals surface area contributed by atoms with E-state index in [-0.39, 0.29) is 5.92 Å². The van der Waals surface area contributed by atoms with Crippen LogP contribution in [0.4, 0.5) is 0 Å². The lowest BCUT2D eigenvalue weighted by molar-refractivity contribution is 0.343. The molecule has 0 aromatic heterocycles. The molecule has 2 aromatic rings. The van der Waals surface area contributed by atoms with Crippen molar-refractivity contribution in [3.8, 4) is 23.0 Å². The molecule has 5 nitrogen and oxygen atoms in total. The van der Waals surface area contributed by atoms with E-state index in [9.17, 15) is 0 Å². The Balaban J connectivity index is 1.88. The highest BCUT2D eigenvalue weighted by Gasteiger charge is 2.36. The van der Waals surface area contributed by atoms with Crippen molar-refractivity contribution in [2.75, 3.05) is 28.4 Å². The molecule has 1 aliphatic heterocycles. The van der Waals surface area contributed by atoms with Gasteiger partial charge >= 0.3 is 0 Å². The molecule has 0 spiro atoms. The van der Waals surface area contributed by atoms with Gasteiger partial charge in [0.1, 0.15) is 0 Å².